The number of likely N-dealkylation sites (tertiary alicyclic amines) is 1. The van der Waals surface area contributed by atoms with Crippen LogP contribution in [0, 0.1) is 11.8 Å². The van der Waals surface area contributed by atoms with Gasteiger partial charge in [-0.2, -0.15) is 0 Å². The van der Waals surface area contributed by atoms with E-state index in [0.29, 0.717) is 29.9 Å². The topological polar surface area (TPSA) is 68.3 Å². The highest BCUT2D eigenvalue weighted by molar-refractivity contribution is 9.10. The lowest BCUT2D eigenvalue weighted by molar-refractivity contribution is -0.138. The maximum atomic E-state index is 14.1. The van der Waals surface area contributed by atoms with E-state index in [-0.39, 0.29) is 35.5 Å². The molecule has 1 saturated carbocycles. The third kappa shape index (κ3) is 5.82. The fraction of sp³-hybridized carbons (Fsp3) is 0.474. The van der Waals surface area contributed by atoms with E-state index in [1.807, 2.05) is 23.6 Å². The molecular formula is C38H43BrN2O5S. The summed E-state index contributed by atoms with van der Waals surface area (Å²) in [5.74, 6) is 2.26. The molecule has 47 heavy (non-hydrogen) atoms. The molecule has 7 nitrogen and oxygen atoms in total. The summed E-state index contributed by atoms with van der Waals surface area (Å²) >= 11 is 5.14. The number of halogens is 1. The molecule has 3 heterocycles. The predicted molar refractivity (Wildman–Crippen MR) is 188 cm³/mol. The van der Waals surface area contributed by atoms with Crippen molar-refractivity contribution in [1.82, 2.24) is 9.80 Å². The second-order valence-corrected chi connectivity index (χ2v) is 15.7. The summed E-state index contributed by atoms with van der Waals surface area (Å²) in [5, 5.41) is 2.03. The molecule has 5 atom stereocenters. The van der Waals surface area contributed by atoms with Crippen molar-refractivity contribution >= 4 is 45.2 Å². The fourth-order valence-electron chi connectivity index (χ4n) is 9.00. The van der Waals surface area contributed by atoms with Crippen LogP contribution in [0.2, 0.25) is 0 Å². The van der Waals surface area contributed by atoms with Gasteiger partial charge in [0.25, 0.3) is 0 Å². The number of rotatable bonds is 10. The van der Waals surface area contributed by atoms with Gasteiger partial charge >= 0.3 is 5.97 Å². The van der Waals surface area contributed by atoms with E-state index in [4.69, 9.17) is 14.2 Å². The number of nitrogens with zero attached hydrogens (tertiary/aromatic N) is 2. The molecule has 1 spiro atoms. The van der Waals surface area contributed by atoms with E-state index in [0.717, 1.165) is 71.4 Å². The molecule has 2 aromatic carbocycles. The van der Waals surface area contributed by atoms with Gasteiger partial charge in [0.2, 0.25) is 5.91 Å². The minimum absolute atomic E-state index is 0.0167. The third-order valence-corrected chi connectivity index (χ3v) is 12.4. The molecule has 248 valence electrons. The molecule has 2 bridgehead atoms. The van der Waals surface area contributed by atoms with Crippen molar-refractivity contribution in [1.29, 1.82) is 0 Å². The maximum Gasteiger partial charge on any atom is 0.308 e. The zero-order valence-corrected chi connectivity index (χ0v) is 29.9. The van der Waals surface area contributed by atoms with Crippen molar-refractivity contribution in [2.24, 2.45) is 11.8 Å². The molecule has 7 rings (SSSR count). The number of carbonyl (C=O) groups is 2. The van der Waals surface area contributed by atoms with Crippen LogP contribution in [0.5, 0.6) is 17.2 Å². The van der Waals surface area contributed by atoms with Gasteiger partial charge in [0.1, 0.15) is 11.9 Å². The van der Waals surface area contributed by atoms with E-state index < -0.39 is 0 Å². The minimum atomic E-state index is -0.343. The number of carbonyl (C=O) groups excluding carboxylic acids is 2. The molecule has 1 aromatic heterocycles. The van der Waals surface area contributed by atoms with Gasteiger partial charge in [0.15, 0.2) is 11.5 Å². The normalized spacial score (nSPS) is 25.8. The maximum absolute atomic E-state index is 14.1. The number of esters is 1. The lowest BCUT2D eigenvalue weighted by Gasteiger charge is -2.60. The second kappa shape index (κ2) is 13.1. The molecule has 9 heteroatoms. The highest BCUT2D eigenvalue weighted by atomic mass is 79.9. The van der Waals surface area contributed by atoms with Gasteiger partial charge in [-0.25, -0.2) is 0 Å². The molecule has 0 radical (unpaired) electrons. The average molecular weight is 720 g/mol. The first-order valence-corrected chi connectivity index (χ1v) is 18.5. The summed E-state index contributed by atoms with van der Waals surface area (Å²) < 4.78 is 20.0. The molecule has 2 fully saturated rings. The van der Waals surface area contributed by atoms with Crippen LogP contribution in [0.25, 0.3) is 6.08 Å². The quantitative estimate of drug-likeness (QED) is 0.125. The first-order chi connectivity index (χ1) is 22.7. The van der Waals surface area contributed by atoms with E-state index in [1.54, 1.807) is 24.5 Å². The van der Waals surface area contributed by atoms with Gasteiger partial charge in [0, 0.05) is 69.5 Å². The van der Waals surface area contributed by atoms with Gasteiger partial charge in [-0.3, -0.25) is 14.5 Å². The number of thiophene rings is 1. The molecule has 1 saturated heterocycles. The number of hydrogen-bond donors (Lipinski definition) is 0. The molecule has 4 aliphatic rings. The van der Waals surface area contributed by atoms with Gasteiger partial charge < -0.3 is 19.1 Å². The summed E-state index contributed by atoms with van der Waals surface area (Å²) in [5.41, 5.74) is 3.26. The predicted octanol–water partition coefficient (Wildman–Crippen LogP) is 7.29. The molecule has 0 N–H and O–H groups in total. The minimum Gasteiger partial charge on any atom is -0.493 e. The monoisotopic (exact) mass is 718 g/mol. The highest BCUT2D eigenvalue weighted by Crippen LogP contribution is 2.65. The summed E-state index contributed by atoms with van der Waals surface area (Å²) in [6.45, 7) is 8.36. The van der Waals surface area contributed by atoms with Crippen LogP contribution in [-0.2, 0) is 27.8 Å². The Bertz CT molecular complexity index is 1690. The number of hydrogen-bond acceptors (Lipinski definition) is 7. The zero-order chi connectivity index (χ0) is 32.9. The summed E-state index contributed by atoms with van der Waals surface area (Å²) in [4.78, 5) is 32.3. The first-order valence-electron chi connectivity index (χ1n) is 16.8. The molecule has 3 aromatic rings. The number of amides is 1. The Morgan fingerprint density at radius 2 is 2.00 bits per heavy atom. The van der Waals surface area contributed by atoms with E-state index in [2.05, 4.69) is 69.9 Å². The van der Waals surface area contributed by atoms with Crippen molar-refractivity contribution in [2.75, 3.05) is 26.7 Å². The SMILES string of the molecule is COc1cc(OC(C)=O)c2c3c1O[C@H]1[C@@H](N(CC(C)C)C(=O)/C=C/c4cc(Br)cs4)CC[C@H]4[C@@H](C2)N(CCc2ccccc2)CC[C@@]341. The fourth-order valence-corrected chi connectivity index (χ4v) is 10.3. The Hall–Kier alpha value is -3.14. The van der Waals surface area contributed by atoms with Crippen LogP contribution in [0.1, 0.15) is 61.6 Å². The van der Waals surface area contributed by atoms with E-state index >= 15 is 0 Å². The molecule has 0 unspecified atom stereocenters. The molecule has 1 amide bonds. The molecule has 2 aliphatic heterocycles. The van der Waals surface area contributed by atoms with Crippen LogP contribution < -0.4 is 14.2 Å². The number of piperidine rings is 1. The van der Waals surface area contributed by atoms with Crippen molar-refractivity contribution < 1.29 is 23.8 Å². The van der Waals surface area contributed by atoms with Crippen LogP contribution in [0.15, 0.2) is 58.4 Å². The Morgan fingerprint density at radius 3 is 2.70 bits per heavy atom. The van der Waals surface area contributed by atoms with Crippen LogP contribution in [0.3, 0.4) is 0 Å². The Balaban J connectivity index is 1.29. The summed E-state index contributed by atoms with van der Waals surface area (Å²) in [6.07, 6.45) is 8.01. The first kappa shape index (κ1) is 32.4. The van der Waals surface area contributed by atoms with Crippen molar-refractivity contribution in [3.8, 4) is 17.2 Å². The lowest BCUT2D eigenvalue weighted by Crippen LogP contribution is -2.69. The Morgan fingerprint density at radius 1 is 1.19 bits per heavy atom. The van der Waals surface area contributed by atoms with Gasteiger partial charge in [0.05, 0.1) is 13.2 Å². The van der Waals surface area contributed by atoms with Crippen molar-refractivity contribution in [2.45, 2.75) is 76.5 Å². The zero-order valence-electron chi connectivity index (χ0n) is 27.5. The second-order valence-electron chi connectivity index (χ2n) is 13.9. The number of methoxy groups -OCH3 is 1. The smallest absolute Gasteiger partial charge is 0.308 e. The largest absolute Gasteiger partial charge is 0.493 e. The van der Waals surface area contributed by atoms with Gasteiger partial charge in [-0.15, -0.1) is 11.3 Å². The van der Waals surface area contributed by atoms with Crippen molar-refractivity contribution in [3.05, 3.63) is 80.0 Å². The number of ether oxygens (including phenoxy) is 3. The summed E-state index contributed by atoms with van der Waals surface area (Å²) in [7, 11) is 1.65. The Kier molecular flexibility index (Phi) is 9.00. The van der Waals surface area contributed by atoms with Crippen LogP contribution in [0.4, 0.5) is 0 Å². The number of benzene rings is 2. The summed E-state index contributed by atoms with van der Waals surface area (Å²) in [6, 6.07) is 14.7. The van der Waals surface area contributed by atoms with Crippen LogP contribution in [-0.4, -0.2) is 66.6 Å². The standard InChI is InChI=1S/C38H43BrN2O5S/c1-23(2)21-41(34(43)13-10-27-18-26(39)22-47-27)30-12-11-29-31-19-28-32(45-24(3)42)20-33(44-4)36-35(28)38(29,37(30)46-36)15-17-40(31)16-14-25-8-6-5-7-9-25/h5-10,13,18,20,22-23,29-31,37H,11-12,14-17,19,21H2,1-4H3/b13-10+/t29-,30-,31+,37-,38-/m0/s1. The Labute approximate surface area is 290 Å². The third-order valence-electron chi connectivity index (χ3n) is 10.7. The molecular weight excluding hydrogens is 676 g/mol. The van der Waals surface area contributed by atoms with Gasteiger partial charge in [-0.1, -0.05) is 44.2 Å². The van der Waals surface area contributed by atoms with Gasteiger partial charge in [-0.05, 0) is 84.1 Å². The van der Waals surface area contributed by atoms with Crippen LogP contribution >= 0.6 is 27.3 Å². The average Bonchev–Trinajstić information content (AvgIpc) is 3.63. The lowest BCUT2D eigenvalue weighted by atomic mass is 9.50. The van der Waals surface area contributed by atoms with E-state index in [1.165, 1.54) is 12.5 Å². The highest BCUT2D eigenvalue weighted by Gasteiger charge is 2.67. The van der Waals surface area contributed by atoms with Crippen molar-refractivity contribution in [3.63, 3.8) is 0 Å². The van der Waals surface area contributed by atoms with E-state index in [9.17, 15) is 9.59 Å². The molecule has 2 aliphatic carbocycles.